The van der Waals surface area contributed by atoms with Gasteiger partial charge in [-0.25, -0.2) is 0 Å². The fourth-order valence-corrected chi connectivity index (χ4v) is 4.04. The van der Waals surface area contributed by atoms with Gasteiger partial charge in [0, 0.05) is 6.54 Å². The van der Waals surface area contributed by atoms with Crippen molar-refractivity contribution in [3.05, 3.63) is 0 Å². The summed E-state index contributed by atoms with van der Waals surface area (Å²) in [6.45, 7) is 4.26. The molecule has 0 aromatic carbocycles. The van der Waals surface area contributed by atoms with Gasteiger partial charge in [0.05, 0.1) is 0 Å². The highest BCUT2D eigenvalue weighted by molar-refractivity contribution is 4.90. The first-order valence-corrected chi connectivity index (χ1v) is 6.16. The zero-order valence-electron chi connectivity index (χ0n) is 8.54. The highest BCUT2D eigenvalue weighted by Gasteiger charge is 2.38. The first-order valence-electron chi connectivity index (χ1n) is 6.16. The molecule has 0 aromatic heterocycles. The molecule has 2 heterocycles. The molecule has 0 aromatic rings. The first-order chi connectivity index (χ1) is 6.43. The quantitative estimate of drug-likeness (QED) is 0.552. The number of hydrogen-bond acceptors (Lipinski definition) is 1. The summed E-state index contributed by atoms with van der Waals surface area (Å²) in [4.78, 5) is 2.71. The van der Waals surface area contributed by atoms with Gasteiger partial charge >= 0.3 is 0 Å². The lowest BCUT2D eigenvalue weighted by molar-refractivity contribution is 0.202. The number of rotatable bonds is 0. The Morgan fingerprint density at radius 3 is 2.69 bits per heavy atom. The molecule has 2 aliphatic heterocycles. The van der Waals surface area contributed by atoms with Gasteiger partial charge in [0.2, 0.25) is 0 Å². The lowest BCUT2D eigenvalue weighted by Gasteiger charge is -2.29. The Bertz CT molecular complexity index is 190. The molecule has 1 saturated carbocycles. The molecule has 13 heavy (non-hydrogen) atoms. The summed E-state index contributed by atoms with van der Waals surface area (Å²) in [7, 11) is 0. The third-order valence-electron chi connectivity index (χ3n) is 4.68. The second-order valence-electron chi connectivity index (χ2n) is 5.35. The molecule has 0 N–H and O–H groups in total. The smallest absolute Gasteiger partial charge is 0.00129 e. The van der Waals surface area contributed by atoms with Gasteiger partial charge in [0.1, 0.15) is 0 Å². The molecule has 4 atom stereocenters. The van der Waals surface area contributed by atoms with Crippen LogP contribution in [0.1, 0.15) is 38.5 Å². The van der Waals surface area contributed by atoms with E-state index >= 15 is 0 Å². The normalized spacial score (nSPS) is 49.8. The summed E-state index contributed by atoms with van der Waals surface area (Å²) in [5.74, 6) is 3.35. The average molecular weight is 179 g/mol. The molecular weight excluding hydrogens is 158 g/mol. The van der Waals surface area contributed by atoms with E-state index in [1.807, 2.05) is 0 Å². The molecule has 1 nitrogen and oxygen atoms in total. The summed E-state index contributed by atoms with van der Waals surface area (Å²) < 4.78 is 0. The van der Waals surface area contributed by atoms with Gasteiger partial charge in [-0.05, 0) is 56.5 Å². The predicted octanol–water partition coefficient (Wildman–Crippen LogP) is 2.52. The first kappa shape index (κ1) is 8.28. The summed E-state index contributed by atoms with van der Waals surface area (Å²) in [5.41, 5.74) is 0. The van der Waals surface area contributed by atoms with Gasteiger partial charge in [-0.1, -0.05) is 12.8 Å². The van der Waals surface area contributed by atoms with E-state index in [1.54, 1.807) is 12.8 Å². The van der Waals surface area contributed by atoms with Crippen molar-refractivity contribution in [2.75, 3.05) is 19.6 Å². The Morgan fingerprint density at radius 1 is 0.769 bits per heavy atom. The van der Waals surface area contributed by atoms with E-state index in [0.29, 0.717) is 0 Å². The van der Waals surface area contributed by atoms with Crippen molar-refractivity contribution >= 4 is 0 Å². The molecule has 3 aliphatic rings. The number of nitrogens with zero attached hydrogens (tertiary/aromatic N) is 1. The largest absolute Gasteiger partial charge is 0.303 e. The average Bonchev–Trinajstić information content (AvgIpc) is 2.66. The number of fused-ring (bicyclic) bond motifs is 4. The lowest BCUT2D eigenvalue weighted by Crippen LogP contribution is -2.29. The predicted molar refractivity (Wildman–Crippen MR) is 54.6 cm³/mol. The molecule has 0 amide bonds. The SMILES string of the molecule is C1CC2CCCN3CCC(C3)C2C1. The van der Waals surface area contributed by atoms with Gasteiger partial charge in [0.15, 0.2) is 0 Å². The van der Waals surface area contributed by atoms with Crippen molar-refractivity contribution in [3.63, 3.8) is 0 Å². The van der Waals surface area contributed by atoms with Crippen molar-refractivity contribution in [2.24, 2.45) is 17.8 Å². The fourth-order valence-electron chi connectivity index (χ4n) is 4.04. The van der Waals surface area contributed by atoms with Crippen LogP contribution >= 0.6 is 0 Å². The molecule has 1 heteroatoms. The van der Waals surface area contributed by atoms with E-state index in [0.717, 1.165) is 17.8 Å². The van der Waals surface area contributed by atoms with Crippen LogP contribution in [0.25, 0.3) is 0 Å². The van der Waals surface area contributed by atoms with Gasteiger partial charge in [-0.15, -0.1) is 0 Å². The zero-order valence-corrected chi connectivity index (χ0v) is 8.54. The minimum absolute atomic E-state index is 1.09. The van der Waals surface area contributed by atoms with Crippen molar-refractivity contribution in [1.82, 2.24) is 4.90 Å². The Morgan fingerprint density at radius 2 is 1.69 bits per heavy atom. The van der Waals surface area contributed by atoms with Crippen LogP contribution in [0.5, 0.6) is 0 Å². The molecule has 3 fully saturated rings. The van der Waals surface area contributed by atoms with Gasteiger partial charge in [-0.3, -0.25) is 0 Å². The van der Waals surface area contributed by atoms with E-state index in [2.05, 4.69) is 4.90 Å². The molecule has 3 rings (SSSR count). The van der Waals surface area contributed by atoms with Crippen LogP contribution in [-0.2, 0) is 0 Å². The van der Waals surface area contributed by atoms with Gasteiger partial charge < -0.3 is 4.90 Å². The monoisotopic (exact) mass is 179 g/mol. The molecule has 2 bridgehead atoms. The van der Waals surface area contributed by atoms with Crippen LogP contribution in [0.2, 0.25) is 0 Å². The van der Waals surface area contributed by atoms with Crippen LogP contribution in [0, 0.1) is 17.8 Å². The van der Waals surface area contributed by atoms with E-state index in [-0.39, 0.29) is 0 Å². The van der Waals surface area contributed by atoms with Crippen molar-refractivity contribution < 1.29 is 0 Å². The summed E-state index contributed by atoms with van der Waals surface area (Å²) in [5, 5.41) is 0. The van der Waals surface area contributed by atoms with Crippen molar-refractivity contribution in [1.29, 1.82) is 0 Å². The molecular formula is C12H21N. The molecule has 1 aliphatic carbocycles. The molecule has 0 radical (unpaired) electrons. The van der Waals surface area contributed by atoms with E-state index in [1.165, 1.54) is 45.3 Å². The van der Waals surface area contributed by atoms with Crippen LogP contribution in [0.4, 0.5) is 0 Å². The van der Waals surface area contributed by atoms with Crippen molar-refractivity contribution in [3.8, 4) is 0 Å². The third-order valence-corrected chi connectivity index (χ3v) is 4.68. The van der Waals surface area contributed by atoms with Crippen LogP contribution in [0.3, 0.4) is 0 Å². The summed E-state index contributed by atoms with van der Waals surface area (Å²) >= 11 is 0. The summed E-state index contributed by atoms with van der Waals surface area (Å²) in [6.07, 6.45) is 9.18. The van der Waals surface area contributed by atoms with Crippen LogP contribution in [0.15, 0.2) is 0 Å². The highest BCUT2D eigenvalue weighted by atomic mass is 15.1. The molecule has 0 spiro atoms. The Kier molecular flexibility index (Phi) is 2.08. The second-order valence-corrected chi connectivity index (χ2v) is 5.35. The van der Waals surface area contributed by atoms with E-state index in [9.17, 15) is 0 Å². The fraction of sp³-hybridized carbons (Fsp3) is 1.00. The Balaban J connectivity index is 1.78. The standard InChI is InChI=1S/C12H21N/c1-3-10-4-2-7-13-8-6-11(9-13)12(10)5-1/h10-12H,1-9H2. The third kappa shape index (κ3) is 1.41. The van der Waals surface area contributed by atoms with Gasteiger partial charge in [0.25, 0.3) is 0 Å². The maximum atomic E-state index is 2.71. The maximum absolute atomic E-state index is 2.71. The second kappa shape index (κ2) is 3.27. The molecule has 4 unspecified atom stereocenters. The Labute approximate surface area is 81.5 Å². The minimum atomic E-state index is 1.09. The lowest BCUT2D eigenvalue weighted by atomic mass is 9.80. The van der Waals surface area contributed by atoms with E-state index in [4.69, 9.17) is 0 Å². The summed E-state index contributed by atoms with van der Waals surface area (Å²) in [6, 6.07) is 0. The van der Waals surface area contributed by atoms with Crippen LogP contribution < -0.4 is 0 Å². The molecule has 74 valence electrons. The van der Waals surface area contributed by atoms with E-state index < -0.39 is 0 Å². The zero-order chi connectivity index (χ0) is 8.67. The highest BCUT2D eigenvalue weighted by Crippen LogP contribution is 2.44. The van der Waals surface area contributed by atoms with Crippen molar-refractivity contribution in [2.45, 2.75) is 38.5 Å². The maximum Gasteiger partial charge on any atom is 0.00129 e. The Hall–Kier alpha value is -0.0400. The van der Waals surface area contributed by atoms with Crippen LogP contribution in [-0.4, -0.2) is 24.5 Å². The minimum Gasteiger partial charge on any atom is -0.303 e. The molecule has 2 saturated heterocycles. The number of hydrogen-bond donors (Lipinski definition) is 0. The topological polar surface area (TPSA) is 3.24 Å². The van der Waals surface area contributed by atoms with Gasteiger partial charge in [-0.2, -0.15) is 0 Å².